The standard InChI is InChI=1S/C28H25ClN2O4/c29-19-6-3-5-17(13-19)21-7-1-2-8-22(21)28(33)31-20(14-18-15-24(18)31)16-30-27(32)23-9-4-10-25-26(23)35-12-11-34-25/h1-10,13,18,20,24H,11-12,14-16H2,(H,30,32)/t18?,20-,24?/m0/s1. The lowest BCUT2D eigenvalue weighted by atomic mass is 9.98. The molecule has 1 N–H and O–H groups in total. The van der Waals surface area contributed by atoms with Gasteiger partial charge in [0.2, 0.25) is 0 Å². The zero-order valence-corrected chi connectivity index (χ0v) is 19.8. The van der Waals surface area contributed by atoms with Gasteiger partial charge in [0.25, 0.3) is 11.8 Å². The van der Waals surface area contributed by atoms with E-state index in [4.69, 9.17) is 21.1 Å². The molecule has 178 valence electrons. The minimum absolute atomic E-state index is 0.00125. The van der Waals surface area contributed by atoms with Crippen molar-refractivity contribution in [1.82, 2.24) is 10.2 Å². The molecule has 2 heterocycles. The second-order valence-electron chi connectivity index (χ2n) is 9.26. The van der Waals surface area contributed by atoms with Crippen molar-refractivity contribution in [3.05, 3.63) is 82.9 Å². The number of amides is 2. The number of fused-ring (bicyclic) bond motifs is 2. The van der Waals surface area contributed by atoms with Crippen molar-refractivity contribution in [1.29, 1.82) is 0 Å². The van der Waals surface area contributed by atoms with E-state index >= 15 is 0 Å². The molecule has 35 heavy (non-hydrogen) atoms. The van der Waals surface area contributed by atoms with Crippen molar-refractivity contribution in [2.24, 2.45) is 5.92 Å². The van der Waals surface area contributed by atoms with Gasteiger partial charge in [-0.1, -0.05) is 48.0 Å². The van der Waals surface area contributed by atoms with Crippen LogP contribution in [0, 0.1) is 5.92 Å². The molecule has 6 nitrogen and oxygen atoms in total. The molecule has 6 rings (SSSR count). The fraction of sp³-hybridized carbons (Fsp3) is 0.286. The van der Waals surface area contributed by atoms with E-state index in [1.165, 1.54) is 0 Å². The molecule has 2 unspecified atom stereocenters. The van der Waals surface area contributed by atoms with E-state index in [1.807, 2.05) is 53.4 Å². The van der Waals surface area contributed by atoms with Gasteiger partial charge in [0, 0.05) is 23.2 Å². The summed E-state index contributed by atoms with van der Waals surface area (Å²) in [4.78, 5) is 28.8. The van der Waals surface area contributed by atoms with Crippen molar-refractivity contribution in [3.63, 3.8) is 0 Å². The summed E-state index contributed by atoms with van der Waals surface area (Å²) in [6, 6.07) is 20.7. The summed E-state index contributed by atoms with van der Waals surface area (Å²) in [5.41, 5.74) is 2.88. The highest BCUT2D eigenvalue weighted by Gasteiger charge is 2.54. The second-order valence-corrected chi connectivity index (χ2v) is 9.70. The molecule has 2 fully saturated rings. The van der Waals surface area contributed by atoms with E-state index in [9.17, 15) is 9.59 Å². The number of benzene rings is 3. The van der Waals surface area contributed by atoms with Crippen LogP contribution in [-0.2, 0) is 0 Å². The lowest BCUT2D eigenvalue weighted by Gasteiger charge is -2.29. The maximum atomic E-state index is 13.8. The Labute approximate surface area is 208 Å². The molecule has 1 saturated carbocycles. The number of nitrogens with zero attached hydrogens (tertiary/aromatic N) is 1. The zero-order valence-electron chi connectivity index (χ0n) is 19.1. The van der Waals surface area contributed by atoms with Crippen molar-refractivity contribution in [2.45, 2.75) is 24.9 Å². The Morgan fingerprint density at radius 1 is 0.943 bits per heavy atom. The third-order valence-electron chi connectivity index (χ3n) is 7.05. The number of hydrogen-bond donors (Lipinski definition) is 1. The number of carbonyl (C=O) groups is 2. The summed E-state index contributed by atoms with van der Waals surface area (Å²) in [6.07, 6.45) is 1.91. The SMILES string of the molecule is O=C(NC[C@@H]1CC2CC2N1C(=O)c1ccccc1-c1cccc(Cl)c1)c1cccc2c1OCCO2. The van der Waals surface area contributed by atoms with E-state index < -0.39 is 0 Å². The molecule has 1 aliphatic carbocycles. The number of para-hydroxylation sites is 1. The van der Waals surface area contributed by atoms with E-state index in [1.54, 1.807) is 18.2 Å². The Balaban J connectivity index is 1.22. The molecular formula is C28H25ClN2O4. The first-order chi connectivity index (χ1) is 17.1. The fourth-order valence-electron chi connectivity index (χ4n) is 5.33. The minimum atomic E-state index is -0.223. The third kappa shape index (κ3) is 4.12. The number of piperidine rings is 1. The Kier molecular flexibility index (Phi) is 5.61. The normalized spacial score (nSPS) is 21.9. The minimum Gasteiger partial charge on any atom is -0.486 e. The highest BCUT2D eigenvalue weighted by atomic mass is 35.5. The molecule has 0 spiro atoms. The van der Waals surface area contributed by atoms with Gasteiger partial charge in [-0.3, -0.25) is 9.59 Å². The lowest BCUT2D eigenvalue weighted by Crippen LogP contribution is -2.45. The molecule has 7 heteroatoms. The summed E-state index contributed by atoms with van der Waals surface area (Å²) >= 11 is 6.22. The molecule has 0 radical (unpaired) electrons. The highest BCUT2D eigenvalue weighted by Crippen LogP contribution is 2.48. The van der Waals surface area contributed by atoms with Gasteiger partial charge in [0.15, 0.2) is 11.5 Å². The van der Waals surface area contributed by atoms with Crippen molar-refractivity contribution in [2.75, 3.05) is 19.8 Å². The number of nitrogens with one attached hydrogen (secondary N) is 1. The van der Waals surface area contributed by atoms with Crippen LogP contribution in [0.4, 0.5) is 0 Å². The zero-order chi connectivity index (χ0) is 23.9. The van der Waals surface area contributed by atoms with Crippen molar-refractivity contribution < 1.29 is 19.1 Å². The van der Waals surface area contributed by atoms with Crippen molar-refractivity contribution >= 4 is 23.4 Å². The largest absolute Gasteiger partial charge is 0.486 e. The lowest BCUT2D eigenvalue weighted by molar-refractivity contribution is 0.0689. The molecule has 3 aromatic rings. The average Bonchev–Trinajstić information content (AvgIpc) is 3.56. The van der Waals surface area contributed by atoms with Crippen LogP contribution in [0.5, 0.6) is 11.5 Å². The predicted molar refractivity (Wildman–Crippen MR) is 133 cm³/mol. The fourth-order valence-corrected chi connectivity index (χ4v) is 5.52. The van der Waals surface area contributed by atoms with Crippen LogP contribution in [0.15, 0.2) is 66.7 Å². The van der Waals surface area contributed by atoms with Gasteiger partial charge >= 0.3 is 0 Å². The molecule has 0 bridgehead atoms. The summed E-state index contributed by atoms with van der Waals surface area (Å²) in [5.74, 6) is 1.34. The van der Waals surface area contributed by atoms with Crippen LogP contribution in [-0.4, -0.2) is 48.6 Å². The number of ether oxygens (including phenoxy) is 2. The monoisotopic (exact) mass is 488 g/mol. The van der Waals surface area contributed by atoms with Gasteiger partial charge < -0.3 is 19.7 Å². The molecular weight excluding hydrogens is 464 g/mol. The number of hydrogen-bond acceptors (Lipinski definition) is 4. The Morgan fingerprint density at radius 2 is 1.74 bits per heavy atom. The molecule has 2 aliphatic heterocycles. The van der Waals surface area contributed by atoms with Gasteiger partial charge in [0.1, 0.15) is 13.2 Å². The Morgan fingerprint density at radius 3 is 2.63 bits per heavy atom. The maximum Gasteiger partial charge on any atom is 0.255 e. The molecule has 3 atom stereocenters. The summed E-state index contributed by atoms with van der Waals surface area (Å²) in [6.45, 7) is 1.27. The first-order valence-corrected chi connectivity index (χ1v) is 12.3. The summed E-state index contributed by atoms with van der Waals surface area (Å²) in [7, 11) is 0. The molecule has 3 aromatic carbocycles. The number of likely N-dealkylation sites (tertiary alicyclic amines) is 1. The highest BCUT2D eigenvalue weighted by molar-refractivity contribution is 6.30. The van der Waals surface area contributed by atoms with Crippen molar-refractivity contribution in [3.8, 4) is 22.6 Å². The van der Waals surface area contributed by atoms with Gasteiger partial charge in [-0.05, 0) is 60.2 Å². The van der Waals surface area contributed by atoms with Gasteiger partial charge in [-0.2, -0.15) is 0 Å². The Bertz CT molecular complexity index is 1310. The predicted octanol–water partition coefficient (Wildman–Crippen LogP) is 4.81. The second kappa shape index (κ2) is 8.93. The molecule has 2 amide bonds. The van der Waals surface area contributed by atoms with E-state index in [0.717, 1.165) is 24.0 Å². The number of halogens is 1. The number of rotatable bonds is 5. The van der Waals surface area contributed by atoms with E-state index in [-0.39, 0.29) is 23.9 Å². The number of carbonyl (C=O) groups excluding carboxylic acids is 2. The van der Waals surface area contributed by atoms with Crippen LogP contribution in [0.2, 0.25) is 5.02 Å². The van der Waals surface area contributed by atoms with Crippen LogP contribution in [0.25, 0.3) is 11.1 Å². The topological polar surface area (TPSA) is 67.9 Å². The van der Waals surface area contributed by atoms with Crippen LogP contribution < -0.4 is 14.8 Å². The van der Waals surface area contributed by atoms with Crippen LogP contribution in [0.3, 0.4) is 0 Å². The smallest absolute Gasteiger partial charge is 0.255 e. The molecule has 3 aliphatic rings. The molecule has 1 saturated heterocycles. The third-order valence-corrected chi connectivity index (χ3v) is 7.28. The van der Waals surface area contributed by atoms with Crippen LogP contribution >= 0.6 is 11.6 Å². The van der Waals surface area contributed by atoms with Gasteiger partial charge in [-0.25, -0.2) is 0 Å². The Hall–Kier alpha value is -3.51. The van der Waals surface area contributed by atoms with Gasteiger partial charge in [0.05, 0.1) is 11.6 Å². The van der Waals surface area contributed by atoms with E-state index in [0.29, 0.717) is 53.3 Å². The van der Waals surface area contributed by atoms with E-state index in [2.05, 4.69) is 5.32 Å². The first kappa shape index (κ1) is 22.0. The summed E-state index contributed by atoms with van der Waals surface area (Å²) < 4.78 is 11.3. The maximum absolute atomic E-state index is 13.8. The average molecular weight is 489 g/mol. The van der Waals surface area contributed by atoms with Gasteiger partial charge in [-0.15, -0.1) is 0 Å². The van der Waals surface area contributed by atoms with Crippen LogP contribution in [0.1, 0.15) is 33.6 Å². The molecule has 0 aromatic heterocycles. The first-order valence-electron chi connectivity index (χ1n) is 11.9. The summed E-state index contributed by atoms with van der Waals surface area (Å²) in [5, 5.41) is 3.67. The quantitative estimate of drug-likeness (QED) is 0.559.